The largest absolute Gasteiger partial charge is 0.351 e. The van der Waals surface area contributed by atoms with Crippen LogP contribution in [0.4, 0.5) is 5.69 Å². The van der Waals surface area contributed by atoms with Crippen molar-refractivity contribution in [2.24, 2.45) is 0 Å². The molecule has 1 amide bonds. The summed E-state index contributed by atoms with van der Waals surface area (Å²) in [5, 5.41) is 3.79. The molecule has 0 bridgehead atoms. The number of amides is 1. The van der Waals surface area contributed by atoms with Crippen LogP contribution in [0.2, 0.25) is 0 Å². The molecule has 4 rings (SSSR count). The zero-order valence-electron chi connectivity index (χ0n) is 18.9. The van der Waals surface area contributed by atoms with Crippen molar-refractivity contribution >= 4 is 33.4 Å². The van der Waals surface area contributed by atoms with Crippen LogP contribution in [0.3, 0.4) is 0 Å². The van der Waals surface area contributed by atoms with Gasteiger partial charge in [-0.2, -0.15) is 0 Å². The molecule has 0 aliphatic rings. The topological polar surface area (TPSA) is 79.4 Å². The van der Waals surface area contributed by atoms with Gasteiger partial charge >= 0.3 is 0 Å². The van der Waals surface area contributed by atoms with Crippen molar-refractivity contribution in [3.8, 4) is 0 Å². The first-order chi connectivity index (χ1) is 17.1. The molecule has 0 aliphatic heterocycles. The number of hydrogen-bond acceptors (Lipinski definition) is 5. The van der Waals surface area contributed by atoms with Crippen molar-refractivity contribution in [3.63, 3.8) is 0 Å². The fourth-order valence-corrected chi connectivity index (χ4v) is 5.72. The average Bonchev–Trinajstić information content (AvgIpc) is 2.91. The molecule has 8 heteroatoms. The van der Waals surface area contributed by atoms with E-state index in [4.69, 9.17) is 0 Å². The lowest BCUT2D eigenvalue weighted by Crippen LogP contribution is -2.34. The number of sulfonamides is 1. The zero-order valence-corrected chi connectivity index (χ0v) is 20.6. The molecule has 0 radical (unpaired) electrons. The van der Waals surface area contributed by atoms with Gasteiger partial charge < -0.3 is 5.32 Å². The van der Waals surface area contributed by atoms with Gasteiger partial charge in [-0.3, -0.25) is 9.10 Å². The van der Waals surface area contributed by atoms with E-state index in [1.54, 1.807) is 60.8 Å². The van der Waals surface area contributed by atoms with Crippen LogP contribution >= 0.6 is 11.8 Å². The van der Waals surface area contributed by atoms with Gasteiger partial charge in [0.1, 0.15) is 0 Å². The molecular weight excluding hydrogens is 478 g/mol. The molecule has 1 N–H and O–H groups in total. The lowest BCUT2D eigenvalue weighted by molar-refractivity contribution is 0.0957. The monoisotopic (exact) mass is 503 g/mol. The Labute approximate surface area is 210 Å². The number of aromatic nitrogens is 1. The van der Waals surface area contributed by atoms with Crippen LogP contribution in [0.25, 0.3) is 0 Å². The third-order valence-corrected chi connectivity index (χ3v) is 7.91. The van der Waals surface area contributed by atoms with Crippen molar-refractivity contribution in [1.29, 1.82) is 0 Å². The molecule has 1 heterocycles. The number of benzene rings is 3. The lowest BCUT2D eigenvalue weighted by Gasteiger charge is -2.26. The van der Waals surface area contributed by atoms with Gasteiger partial charge in [0.2, 0.25) is 0 Å². The van der Waals surface area contributed by atoms with Gasteiger partial charge in [-0.05, 0) is 42.0 Å². The molecule has 0 atom stereocenters. The Morgan fingerprint density at radius 3 is 2.20 bits per heavy atom. The molecule has 0 saturated carbocycles. The van der Waals surface area contributed by atoms with E-state index in [2.05, 4.69) is 10.3 Å². The SMILES string of the molecule is O=C(NCCSc1ccccn1)c1ccccc1N(Cc1ccccc1)S(=O)(=O)c1ccccc1. The molecule has 35 heavy (non-hydrogen) atoms. The van der Waals surface area contributed by atoms with Crippen LogP contribution in [0.15, 0.2) is 119 Å². The molecule has 1 aromatic heterocycles. The van der Waals surface area contributed by atoms with Crippen LogP contribution in [0, 0.1) is 0 Å². The number of carbonyl (C=O) groups excluding carboxylic acids is 1. The van der Waals surface area contributed by atoms with Gasteiger partial charge in [0.25, 0.3) is 15.9 Å². The summed E-state index contributed by atoms with van der Waals surface area (Å²) in [5.41, 5.74) is 1.44. The van der Waals surface area contributed by atoms with Crippen molar-refractivity contribution in [3.05, 3.63) is 120 Å². The van der Waals surface area contributed by atoms with Crippen molar-refractivity contribution < 1.29 is 13.2 Å². The highest BCUT2D eigenvalue weighted by molar-refractivity contribution is 7.99. The minimum atomic E-state index is -3.93. The minimum absolute atomic E-state index is 0.0951. The van der Waals surface area contributed by atoms with Crippen LogP contribution in [0.5, 0.6) is 0 Å². The number of thioether (sulfide) groups is 1. The molecular formula is C27H25N3O3S2. The number of hydrogen-bond donors (Lipinski definition) is 1. The summed E-state index contributed by atoms with van der Waals surface area (Å²) in [7, 11) is -3.93. The number of carbonyl (C=O) groups is 1. The lowest BCUT2D eigenvalue weighted by atomic mass is 10.1. The predicted molar refractivity (Wildman–Crippen MR) is 140 cm³/mol. The average molecular weight is 504 g/mol. The second-order valence-electron chi connectivity index (χ2n) is 7.60. The molecule has 4 aromatic rings. The van der Waals surface area contributed by atoms with Crippen molar-refractivity contribution in [2.45, 2.75) is 16.5 Å². The van der Waals surface area contributed by atoms with E-state index in [1.165, 1.54) is 16.1 Å². The first-order valence-corrected chi connectivity index (χ1v) is 13.5. The Balaban J connectivity index is 1.60. The standard InChI is InChI=1S/C27H25N3O3S2/c31-27(29-19-20-34-26-17-9-10-18-28-26)24-15-7-8-16-25(24)30(21-22-11-3-1-4-12-22)35(32,33)23-13-5-2-6-14-23/h1-18H,19-21H2,(H,29,31). The van der Waals surface area contributed by atoms with Crippen LogP contribution in [-0.4, -0.2) is 31.6 Å². The Morgan fingerprint density at radius 1 is 0.829 bits per heavy atom. The smallest absolute Gasteiger partial charge is 0.264 e. The molecule has 0 unspecified atom stereocenters. The molecule has 6 nitrogen and oxygen atoms in total. The van der Waals surface area contributed by atoms with Gasteiger partial charge in [0.15, 0.2) is 0 Å². The van der Waals surface area contributed by atoms with Gasteiger partial charge in [0.05, 0.1) is 27.7 Å². The Morgan fingerprint density at radius 2 is 1.49 bits per heavy atom. The maximum absolute atomic E-state index is 13.7. The van der Waals surface area contributed by atoms with Crippen molar-refractivity contribution in [1.82, 2.24) is 10.3 Å². The van der Waals surface area contributed by atoms with E-state index in [0.717, 1.165) is 10.6 Å². The summed E-state index contributed by atoms with van der Waals surface area (Å²) in [6.45, 7) is 0.510. The van der Waals surface area contributed by atoms with E-state index in [9.17, 15) is 13.2 Å². The summed E-state index contributed by atoms with van der Waals surface area (Å²) in [6.07, 6.45) is 1.73. The number of nitrogens with one attached hydrogen (secondary N) is 1. The fraction of sp³-hybridized carbons (Fsp3) is 0.111. The van der Waals surface area contributed by atoms with Crippen LogP contribution in [0.1, 0.15) is 15.9 Å². The van der Waals surface area contributed by atoms with E-state index >= 15 is 0 Å². The number of rotatable bonds is 10. The third kappa shape index (κ3) is 6.29. The van der Waals surface area contributed by atoms with Crippen molar-refractivity contribution in [2.75, 3.05) is 16.6 Å². The summed E-state index contributed by atoms with van der Waals surface area (Å²) in [5.74, 6) is 0.310. The Bertz CT molecular complexity index is 1350. The van der Waals surface area contributed by atoms with E-state index in [1.807, 2.05) is 48.5 Å². The third-order valence-electron chi connectivity index (χ3n) is 5.19. The quantitative estimate of drug-likeness (QED) is 0.243. The molecule has 0 saturated heterocycles. The summed E-state index contributed by atoms with van der Waals surface area (Å²) in [4.78, 5) is 17.6. The molecule has 0 aliphatic carbocycles. The van der Waals surface area contributed by atoms with E-state index in [0.29, 0.717) is 23.5 Å². The van der Waals surface area contributed by atoms with E-state index < -0.39 is 10.0 Å². The number of anilines is 1. The Kier molecular flexibility index (Phi) is 8.18. The van der Waals surface area contributed by atoms with Gasteiger partial charge in [-0.15, -0.1) is 11.8 Å². The predicted octanol–water partition coefficient (Wildman–Crippen LogP) is 5.00. The zero-order chi connectivity index (χ0) is 24.5. The highest BCUT2D eigenvalue weighted by Gasteiger charge is 2.28. The Hall–Kier alpha value is -3.62. The van der Waals surface area contributed by atoms with Gasteiger partial charge in [0, 0.05) is 18.5 Å². The van der Waals surface area contributed by atoms with Gasteiger partial charge in [-0.1, -0.05) is 66.7 Å². The minimum Gasteiger partial charge on any atom is -0.351 e. The molecule has 0 spiro atoms. The highest BCUT2D eigenvalue weighted by atomic mass is 32.2. The number of nitrogens with zero attached hydrogens (tertiary/aromatic N) is 2. The van der Waals surface area contributed by atoms with Crippen LogP contribution in [-0.2, 0) is 16.6 Å². The first kappa shape index (κ1) is 24.5. The molecule has 0 fully saturated rings. The van der Waals surface area contributed by atoms with Crippen LogP contribution < -0.4 is 9.62 Å². The maximum Gasteiger partial charge on any atom is 0.264 e. The second kappa shape index (κ2) is 11.7. The summed E-state index contributed by atoms with van der Waals surface area (Å²) >= 11 is 1.54. The normalized spacial score (nSPS) is 11.1. The number of pyridine rings is 1. The van der Waals surface area contributed by atoms with Gasteiger partial charge in [-0.25, -0.2) is 13.4 Å². The molecule has 3 aromatic carbocycles. The summed E-state index contributed by atoms with van der Waals surface area (Å²) in [6, 6.07) is 30.1. The summed E-state index contributed by atoms with van der Waals surface area (Å²) < 4.78 is 28.7. The number of para-hydroxylation sites is 1. The fourth-order valence-electron chi connectivity index (χ4n) is 3.50. The maximum atomic E-state index is 13.7. The molecule has 178 valence electrons. The second-order valence-corrected chi connectivity index (χ2v) is 10.6. The van der Waals surface area contributed by atoms with E-state index in [-0.39, 0.29) is 17.3 Å². The first-order valence-electron chi connectivity index (χ1n) is 11.1. The highest BCUT2D eigenvalue weighted by Crippen LogP contribution is 2.29.